The fourth-order valence-electron chi connectivity index (χ4n) is 3.61. The molecule has 1 aromatic heterocycles. The van der Waals surface area contributed by atoms with Crippen molar-refractivity contribution < 1.29 is 14.3 Å². The van der Waals surface area contributed by atoms with Crippen molar-refractivity contribution in [3.05, 3.63) is 81.0 Å². The number of carbonyl (C=O) groups is 1. The second kappa shape index (κ2) is 9.51. The molecular weight excluding hydrogens is 426 g/mol. The van der Waals surface area contributed by atoms with E-state index in [2.05, 4.69) is 10.3 Å². The molecule has 0 saturated carbocycles. The van der Waals surface area contributed by atoms with Gasteiger partial charge in [-0.3, -0.25) is 19.1 Å². The van der Waals surface area contributed by atoms with Gasteiger partial charge in [0.25, 0.3) is 5.56 Å². The average molecular weight is 451 g/mol. The summed E-state index contributed by atoms with van der Waals surface area (Å²) in [5.41, 5.74) is 5.81. The van der Waals surface area contributed by atoms with Crippen LogP contribution in [0, 0.1) is 0 Å². The molecule has 1 aliphatic rings. The Balaban J connectivity index is 1.41. The number of nitrogens with zero attached hydrogens (tertiary/aromatic N) is 2. The van der Waals surface area contributed by atoms with E-state index in [1.54, 1.807) is 13.1 Å². The highest BCUT2D eigenvalue weighted by molar-refractivity contribution is 5.82. The van der Waals surface area contributed by atoms with Gasteiger partial charge in [-0.15, -0.1) is 0 Å². The van der Waals surface area contributed by atoms with Gasteiger partial charge in [0, 0.05) is 7.05 Å². The molecule has 1 amide bonds. The molecule has 2 aromatic carbocycles. The number of nitrogens with one attached hydrogen (secondary N) is 2. The van der Waals surface area contributed by atoms with Gasteiger partial charge in [-0.2, -0.15) is 0 Å². The SMILES string of the molecule is CN(CC(=O)NCC1COc2ccccc2O1)c1c(N)n(Cc2ccccc2)c(=O)[nH]c1=O. The predicted molar refractivity (Wildman–Crippen MR) is 124 cm³/mol. The van der Waals surface area contributed by atoms with Gasteiger partial charge in [-0.05, 0) is 17.7 Å². The number of aromatic amines is 1. The summed E-state index contributed by atoms with van der Waals surface area (Å²) >= 11 is 0. The third kappa shape index (κ3) is 5.00. The van der Waals surface area contributed by atoms with E-state index in [-0.39, 0.29) is 43.2 Å². The zero-order valence-electron chi connectivity index (χ0n) is 18.1. The minimum atomic E-state index is -0.655. The number of carbonyl (C=O) groups excluding carboxylic acids is 1. The first kappa shape index (κ1) is 22.0. The molecule has 4 rings (SSSR count). The van der Waals surface area contributed by atoms with E-state index >= 15 is 0 Å². The Morgan fingerprint density at radius 3 is 2.61 bits per heavy atom. The Hall–Kier alpha value is -4.21. The monoisotopic (exact) mass is 451 g/mol. The molecule has 1 aliphatic heterocycles. The van der Waals surface area contributed by atoms with Crippen LogP contribution in [0.2, 0.25) is 0 Å². The van der Waals surface area contributed by atoms with Gasteiger partial charge < -0.3 is 25.4 Å². The molecule has 1 atom stereocenters. The molecule has 4 N–H and O–H groups in total. The number of rotatable bonds is 7. The van der Waals surface area contributed by atoms with Crippen molar-refractivity contribution in [3.8, 4) is 11.5 Å². The molecule has 0 bridgehead atoms. The number of likely N-dealkylation sites (N-methyl/N-ethyl adjacent to an activating group) is 1. The van der Waals surface area contributed by atoms with E-state index in [9.17, 15) is 14.4 Å². The molecule has 10 nitrogen and oxygen atoms in total. The van der Waals surface area contributed by atoms with Crippen molar-refractivity contribution >= 4 is 17.4 Å². The van der Waals surface area contributed by atoms with Gasteiger partial charge in [0.05, 0.1) is 19.6 Å². The second-order valence-corrected chi connectivity index (χ2v) is 7.72. The number of nitrogens with two attached hydrogens (primary N) is 1. The maximum Gasteiger partial charge on any atom is 0.330 e. The summed E-state index contributed by atoms with van der Waals surface area (Å²) in [5, 5.41) is 2.78. The van der Waals surface area contributed by atoms with Crippen molar-refractivity contribution in [2.75, 3.05) is 37.4 Å². The van der Waals surface area contributed by atoms with Gasteiger partial charge >= 0.3 is 5.69 Å². The Morgan fingerprint density at radius 1 is 1.15 bits per heavy atom. The number of anilines is 2. The van der Waals surface area contributed by atoms with Crippen molar-refractivity contribution in [2.45, 2.75) is 12.6 Å². The summed E-state index contributed by atoms with van der Waals surface area (Å²) in [4.78, 5) is 41.0. The second-order valence-electron chi connectivity index (χ2n) is 7.72. The Kier molecular flexibility index (Phi) is 6.34. The summed E-state index contributed by atoms with van der Waals surface area (Å²) in [6, 6.07) is 16.6. The molecule has 0 radical (unpaired) electrons. The lowest BCUT2D eigenvalue weighted by Gasteiger charge is -2.27. The quantitative estimate of drug-likeness (QED) is 0.478. The third-order valence-electron chi connectivity index (χ3n) is 5.25. The average Bonchev–Trinajstić information content (AvgIpc) is 2.81. The van der Waals surface area contributed by atoms with E-state index in [0.29, 0.717) is 18.1 Å². The topological polar surface area (TPSA) is 132 Å². The van der Waals surface area contributed by atoms with Crippen molar-refractivity contribution in [1.29, 1.82) is 0 Å². The third-order valence-corrected chi connectivity index (χ3v) is 5.25. The van der Waals surface area contributed by atoms with E-state index < -0.39 is 11.2 Å². The number of ether oxygens (including phenoxy) is 2. The maximum atomic E-state index is 12.5. The van der Waals surface area contributed by atoms with Crippen LogP contribution < -0.4 is 36.7 Å². The Labute approximate surface area is 189 Å². The summed E-state index contributed by atoms with van der Waals surface area (Å²) in [7, 11) is 1.56. The number of benzene rings is 2. The van der Waals surface area contributed by atoms with Gasteiger partial charge in [-0.1, -0.05) is 42.5 Å². The van der Waals surface area contributed by atoms with E-state index in [1.165, 1.54) is 9.47 Å². The minimum absolute atomic E-state index is 0.0106. The van der Waals surface area contributed by atoms with Crippen molar-refractivity contribution in [2.24, 2.45) is 0 Å². The van der Waals surface area contributed by atoms with E-state index in [4.69, 9.17) is 15.2 Å². The lowest BCUT2D eigenvalue weighted by Crippen LogP contribution is -2.45. The first-order valence-corrected chi connectivity index (χ1v) is 10.4. The number of hydrogen-bond donors (Lipinski definition) is 3. The molecule has 0 fully saturated rings. The maximum absolute atomic E-state index is 12.5. The summed E-state index contributed by atoms with van der Waals surface area (Å²) in [5.74, 6) is 0.948. The fraction of sp³-hybridized carbons (Fsp3) is 0.261. The zero-order valence-corrected chi connectivity index (χ0v) is 18.1. The molecule has 172 valence electrons. The van der Waals surface area contributed by atoms with E-state index in [0.717, 1.165) is 5.56 Å². The molecule has 0 saturated heterocycles. The highest BCUT2D eigenvalue weighted by Gasteiger charge is 2.22. The number of hydrogen-bond acceptors (Lipinski definition) is 7. The lowest BCUT2D eigenvalue weighted by molar-refractivity contribution is -0.120. The smallest absolute Gasteiger partial charge is 0.330 e. The van der Waals surface area contributed by atoms with Crippen LogP contribution in [0.3, 0.4) is 0 Å². The highest BCUT2D eigenvalue weighted by Crippen LogP contribution is 2.30. The molecule has 10 heteroatoms. The van der Waals surface area contributed by atoms with Crippen LogP contribution in [0.1, 0.15) is 5.56 Å². The first-order chi connectivity index (χ1) is 15.9. The van der Waals surface area contributed by atoms with Gasteiger partial charge in [0.2, 0.25) is 5.91 Å². The summed E-state index contributed by atoms with van der Waals surface area (Å²) in [6.07, 6.45) is -0.338. The van der Waals surface area contributed by atoms with Crippen molar-refractivity contribution in [3.63, 3.8) is 0 Å². The molecule has 3 aromatic rings. The van der Waals surface area contributed by atoms with Gasteiger partial charge in [-0.25, -0.2) is 4.79 Å². The summed E-state index contributed by atoms with van der Waals surface area (Å²) < 4.78 is 12.7. The van der Waals surface area contributed by atoms with Crippen LogP contribution in [0.25, 0.3) is 0 Å². The van der Waals surface area contributed by atoms with Crippen LogP contribution in [0.5, 0.6) is 11.5 Å². The van der Waals surface area contributed by atoms with Gasteiger partial charge in [0.15, 0.2) is 11.5 Å². The molecule has 0 aliphatic carbocycles. The molecule has 2 heterocycles. The molecule has 0 spiro atoms. The van der Waals surface area contributed by atoms with E-state index in [1.807, 2.05) is 48.5 Å². The largest absolute Gasteiger partial charge is 0.486 e. The summed E-state index contributed by atoms with van der Waals surface area (Å²) in [6.45, 7) is 0.599. The first-order valence-electron chi connectivity index (χ1n) is 10.4. The fourth-order valence-corrected chi connectivity index (χ4v) is 3.61. The van der Waals surface area contributed by atoms with Crippen LogP contribution in [0.15, 0.2) is 64.2 Å². The Bertz CT molecular complexity index is 1250. The number of nitrogen functional groups attached to an aromatic ring is 1. The predicted octanol–water partition coefficient (Wildman–Crippen LogP) is 0.560. The van der Waals surface area contributed by atoms with Gasteiger partial charge in [0.1, 0.15) is 24.2 Å². The van der Waals surface area contributed by atoms with Crippen LogP contribution in [-0.4, -0.2) is 48.3 Å². The van der Waals surface area contributed by atoms with Crippen LogP contribution in [0.4, 0.5) is 11.5 Å². The Morgan fingerprint density at radius 2 is 1.85 bits per heavy atom. The van der Waals surface area contributed by atoms with Crippen LogP contribution >= 0.6 is 0 Å². The number of amides is 1. The van der Waals surface area contributed by atoms with Crippen LogP contribution in [-0.2, 0) is 11.3 Å². The number of para-hydroxylation sites is 2. The highest BCUT2D eigenvalue weighted by atomic mass is 16.6. The molecule has 1 unspecified atom stereocenters. The minimum Gasteiger partial charge on any atom is -0.486 e. The normalized spacial score (nSPS) is 14.5. The zero-order chi connectivity index (χ0) is 23.4. The number of H-pyrrole nitrogens is 1. The molecular formula is C23H25N5O5. The molecule has 33 heavy (non-hydrogen) atoms. The lowest BCUT2D eigenvalue weighted by atomic mass is 10.2. The standard InChI is InChI=1S/C23H25N5O5/c1-27(13-19(29)25-11-16-14-32-17-9-5-6-10-18(17)33-16)20-21(24)28(23(31)26-22(20)30)12-15-7-3-2-4-8-15/h2-10,16H,11-14,24H2,1H3,(H,25,29)(H,26,30,31). The number of fused-ring (bicyclic) bond motifs is 1. The van der Waals surface area contributed by atoms with Crippen molar-refractivity contribution in [1.82, 2.24) is 14.9 Å². The number of aromatic nitrogens is 2.